The molecule has 1 atom stereocenters. The molecule has 0 radical (unpaired) electrons. The number of amides is 1. The van der Waals surface area contributed by atoms with E-state index in [2.05, 4.69) is 25.1 Å². The van der Waals surface area contributed by atoms with Crippen LogP contribution in [-0.2, 0) is 21.4 Å². The number of hydroxylamine groups is 1. The Bertz CT molecular complexity index is 822. The van der Waals surface area contributed by atoms with Crippen LogP contribution in [0.3, 0.4) is 0 Å². The van der Waals surface area contributed by atoms with Crippen molar-refractivity contribution in [3.63, 3.8) is 0 Å². The van der Waals surface area contributed by atoms with Crippen molar-refractivity contribution in [1.82, 2.24) is 14.1 Å². The van der Waals surface area contributed by atoms with E-state index in [-0.39, 0.29) is 6.54 Å². The second-order valence-electron chi connectivity index (χ2n) is 7.00. The highest BCUT2D eigenvalue weighted by Gasteiger charge is 2.40. The molecule has 0 bridgehead atoms. The highest BCUT2D eigenvalue weighted by atomic mass is 32.2. The number of aryl methyl sites for hydroxylation is 1. The normalized spacial score (nSPS) is 22.3. The Morgan fingerprint density at radius 1 is 1.30 bits per heavy atom. The predicted octanol–water partition coefficient (Wildman–Crippen LogP) is 1.94. The molecule has 1 amide bonds. The molecule has 1 fully saturated rings. The molecule has 1 aromatic rings. The minimum atomic E-state index is -3.76. The van der Waals surface area contributed by atoms with Crippen molar-refractivity contribution in [2.24, 2.45) is 0 Å². The van der Waals surface area contributed by atoms with Crippen LogP contribution in [0.1, 0.15) is 43.7 Å². The zero-order chi connectivity index (χ0) is 19.4. The van der Waals surface area contributed by atoms with E-state index in [0.29, 0.717) is 32.4 Å². The molecule has 0 aromatic heterocycles. The monoisotopic (exact) mass is 393 g/mol. The van der Waals surface area contributed by atoms with Gasteiger partial charge in [-0.05, 0) is 42.4 Å². The third-order valence-corrected chi connectivity index (χ3v) is 7.38. The number of rotatable bonds is 5. The molecule has 2 heterocycles. The second-order valence-corrected chi connectivity index (χ2v) is 8.88. The Kier molecular flexibility index (Phi) is 6.31. The lowest BCUT2D eigenvalue weighted by Crippen LogP contribution is -2.56. The number of nitrogens with one attached hydrogen (secondary N) is 1. The molecule has 0 saturated carbocycles. The lowest BCUT2D eigenvalue weighted by molar-refractivity contribution is -0.134. The summed E-state index contributed by atoms with van der Waals surface area (Å²) in [4.78, 5) is 11.9. The van der Waals surface area contributed by atoms with Gasteiger partial charge >= 0.3 is 0 Å². The van der Waals surface area contributed by atoms with Crippen molar-refractivity contribution in [2.45, 2.75) is 45.1 Å². The van der Waals surface area contributed by atoms with Crippen LogP contribution in [0.5, 0.6) is 0 Å². The summed E-state index contributed by atoms with van der Waals surface area (Å²) in [5.41, 5.74) is 5.16. The molecular weight excluding hydrogens is 366 g/mol. The van der Waals surface area contributed by atoms with Crippen LogP contribution in [0.2, 0.25) is 0 Å². The van der Waals surface area contributed by atoms with Gasteiger partial charge in [0.25, 0.3) is 16.1 Å². The van der Waals surface area contributed by atoms with Crippen LogP contribution < -0.4 is 5.48 Å². The second kappa shape index (κ2) is 8.52. The lowest BCUT2D eigenvalue weighted by atomic mass is 9.98. The fourth-order valence-electron chi connectivity index (χ4n) is 3.78. The largest absolute Gasteiger partial charge is 0.289 e. The van der Waals surface area contributed by atoms with Crippen LogP contribution in [0.25, 0.3) is 5.57 Å². The average Bonchev–Trinajstić information content (AvgIpc) is 2.73. The Balaban J connectivity index is 1.77. The Hall–Kier alpha value is -1.74. The summed E-state index contributed by atoms with van der Waals surface area (Å²) in [5, 5.41) is 8.94. The Labute approximate surface area is 160 Å². The maximum atomic E-state index is 13.1. The molecule has 0 unspecified atom stereocenters. The van der Waals surface area contributed by atoms with Crippen LogP contribution in [0.4, 0.5) is 0 Å². The molecule has 7 nitrogen and oxygen atoms in total. The van der Waals surface area contributed by atoms with E-state index in [0.717, 1.165) is 24.0 Å². The van der Waals surface area contributed by atoms with E-state index in [1.807, 2.05) is 12.1 Å². The molecular formula is C19H27N3O4S. The molecule has 2 N–H and O–H groups in total. The standard InChI is InChI=1S/C19H27N3O4S/c1-2-15-6-5-7-17(14-15)16-9-12-21(13-10-16)27(25,26)22-11-4-3-8-18(22)19(23)20-24/h5-7,9,14,18,24H,2-4,8,10-13H2,1H3,(H,20,23)/t18-/m1/s1. The van der Waals surface area contributed by atoms with Gasteiger partial charge in [-0.15, -0.1) is 0 Å². The molecule has 27 heavy (non-hydrogen) atoms. The van der Waals surface area contributed by atoms with E-state index in [9.17, 15) is 13.2 Å². The van der Waals surface area contributed by atoms with Crippen LogP contribution in [-0.4, -0.2) is 53.8 Å². The molecule has 3 rings (SSSR count). The van der Waals surface area contributed by atoms with Gasteiger partial charge in [-0.2, -0.15) is 17.0 Å². The van der Waals surface area contributed by atoms with Gasteiger partial charge in [0.15, 0.2) is 0 Å². The first-order valence-corrected chi connectivity index (χ1v) is 10.9. The van der Waals surface area contributed by atoms with Gasteiger partial charge in [0.1, 0.15) is 6.04 Å². The van der Waals surface area contributed by atoms with Gasteiger partial charge in [-0.3, -0.25) is 10.0 Å². The minimum Gasteiger partial charge on any atom is -0.289 e. The molecule has 148 valence electrons. The van der Waals surface area contributed by atoms with Gasteiger partial charge in [0.05, 0.1) is 0 Å². The van der Waals surface area contributed by atoms with Crippen LogP contribution in [0.15, 0.2) is 30.3 Å². The first-order valence-electron chi connectivity index (χ1n) is 9.46. The summed E-state index contributed by atoms with van der Waals surface area (Å²) in [6.07, 6.45) is 5.46. The number of hydrogen-bond acceptors (Lipinski definition) is 4. The smallest absolute Gasteiger partial charge is 0.283 e. The number of carbonyl (C=O) groups is 1. The number of nitrogens with zero attached hydrogens (tertiary/aromatic N) is 2. The molecule has 1 saturated heterocycles. The number of benzene rings is 1. The predicted molar refractivity (Wildman–Crippen MR) is 103 cm³/mol. The average molecular weight is 394 g/mol. The summed E-state index contributed by atoms with van der Waals surface area (Å²) >= 11 is 0. The highest BCUT2D eigenvalue weighted by Crippen LogP contribution is 2.28. The summed E-state index contributed by atoms with van der Waals surface area (Å²) in [5.74, 6) is -0.664. The molecule has 8 heteroatoms. The van der Waals surface area contributed by atoms with Crippen molar-refractivity contribution in [1.29, 1.82) is 0 Å². The Morgan fingerprint density at radius 3 is 2.78 bits per heavy atom. The minimum absolute atomic E-state index is 0.290. The maximum Gasteiger partial charge on any atom is 0.283 e. The van der Waals surface area contributed by atoms with Gasteiger partial charge in [0, 0.05) is 19.6 Å². The first-order chi connectivity index (χ1) is 13.0. The first kappa shape index (κ1) is 20.0. The molecule has 2 aliphatic rings. The number of carbonyl (C=O) groups excluding carboxylic acids is 1. The fraction of sp³-hybridized carbons (Fsp3) is 0.526. The van der Waals surface area contributed by atoms with E-state index >= 15 is 0 Å². The maximum absolute atomic E-state index is 13.1. The van der Waals surface area contributed by atoms with Gasteiger partial charge in [-0.1, -0.05) is 43.7 Å². The van der Waals surface area contributed by atoms with E-state index in [1.54, 1.807) is 5.48 Å². The van der Waals surface area contributed by atoms with E-state index < -0.39 is 22.2 Å². The summed E-state index contributed by atoms with van der Waals surface area (Å²) in [6, 6.07) is 7.49. The molecule has 0 spiro atoms. The van der Waals surface area contributed by atoms with Crippen molar-refractivity contribution >= 4 is 21.7 Å². The summed E-state index contributed by atoms with van der Waals surface area (Å²) in [7, 11) is -3.76. The summed E-state index contributed by atoms with van der Waals surface area (Å²) in [6.45, 7) is 3.08. The fourth-order valence-corrected chi connectivity index (χ4v) is 5.54. The van der Waals surface area contributed by atoms with Crippen LogP contribution >= 0.6 is 0 Å². The van der Waals surface area contributed by atoms with E-state index in [4.69, 9.17) is 5.21 Å². The van der Waals surface area contributed by atoms with Crippen molar-refractivity contribution < 1.29 is 18.4 Å². The van der Waals surface area contributed by atoms with E-state index in [1.165, 1.54) is 14.2 Å². The molecule has 1 aromatic carbocycles. The SMILES string of the molecule is CCc1cccc(C2=CCN(S(=O)(=O)N3CCCC[C@@H]3C(=O)NO)CC2)c1. The van der Waals surface area contributed by atoms with Crippen molar-refractivity contribution in [2.75, 3.05) is 19.6 Å². The van der Waals surface area contributed by atoms with Gasteiger partial charge in [0.2, 0.25) is 0 Å². The zero-order valence-electron chi connectivity index (χ0n) is 15.6. The van der Waals surface area contributed by atoms with Gasteiger partial charge < -0.3 is 0 Å². The van der Waals surface area contributed by atoms with Crippen LogP contribution in [0, 0.1) is 0 Å². The zero-order valence-corrected chi connectivity index (χ0v) is 16.4. The summed E-state index contributed by atoms with van der Waals surface area (Å²) < 4.78 is 28.8. The quantitative estimate of drug-likeness (QED) is 0.591. The third-order valence-electron chi connectivity index (χ3n) is 5.37. The topological polar surface area (TPSA) is 90.0 Å². The van der Waals surface area contributed by atoms with Crippen molar-refractivity contribution in [3.8, 4) is 0 Å². The highest BCUT2D eigenvalue weighted by molar-refractivity contribution is 7.86. The third kappa shape index (κ3) is 4.24. The molecule has 0 aliphatic carbocycles. The lowest BCUT2D eigenvalue weighted by Gasteiger charge is -2.37. The number of piperidine rings is 1. The van der Waals surface area contributed by atoms with Gasteiger partial charge in [-0.25, -0.2) is 5.48 Å². The number of hydrogen-bond donors (Lipinski definition) is 2. The molecule has 2 aliphatic heterocycles. The Morgan fingerprint density at radius 2 is 2.11 bits per heavy atom. The van der Waals surface area contributed by atoms with Crippen molar-refractivity contribution in [3.05, 3.63) is 41.5 Å².